The lowest BCUT2D eigenvalue weighted by atomic mass is 10.1. The van der Waals surface area contributed by atoms with Crippen LogP contribution in [0.15, 0.2) is 42.5 Å². The highest BCUT2D eigenvalue weighted by molar-refractivity contribution is 9.08. The minimum atomic E-state index is -0.196. The SMILES string of the molecule is CCN(c1cccc(C)c1)c1ccc(F)cc1CBr. The molecule has 19 heavy (non-hydrogen) atoms. The average Bonchev–Trinajstić information content (AvgIpc) is 2.41. The number of hydrogen-bond acceptors (Lipinski definition) is 1. The zero-order chi connectivity index (χ0) is 13.8. The number of nitrogens with zero attached hydrogens (tertiary/aromatic N) is 1. The Morgan fingerprint density at radius 3 is 2.58 bits per heavy atom. The molecule has 0 fully saturated rings. The van der Waals surface area contributed by atoms with Crippen LogP contribution in [0.3, 0.4) is 0 Å². The highest BCUT2D eigenvalue weighted by Gasteiger charge is 2.12. The molecule has 0 aliphatic rings. The first-order valence-corrected chi connectivity index (χ1v) is 7.46. The van der Waals surface area contributed by atoms with Gasteiger partial charge in [-0.2, -0.15) is 0 Å². The van der Waals surface area contributed by atoms with E-state index in [-0.39, 0.29) is 5.82 Å². The van der Waals surface area contributed by atoms with E-state index in [1.807, 2.05) is 12.1 Å². The number of benzene rings is 2. The van der Waals surface area contributed by atoms with Crippen molar-refractivity contribution in [3.05, 3.63) is 59.4 Å². The normalized spacial score (nSPS) is 10.5. The summed E-state index contributed by atoms with van der Waals surface area (Å²) in [6.07, 6.45) is 0. The molecule has 0 heterocycles. The van der Waals surface area contributed by atoms with Crippen LogP contribution in [-0.4, -0.2) is 6.54 Å². The largest absolute Gasteiger partial charge is 0.342 e. The van der Waals surface area contributed by atoms with Crippen molar-refractivity contribution < 1.29 is 4.39 Å². The molecule has 0 aromatic heterocycles. The van der Waals surface area contributed by atoms with Crippen LogP contribution in [0, 0.1) is 12.7 Å². The summed E-state index contributed by atoms with van der Waals surface area (Å²) >= 11 is 3.43. The maximum absolute atomic E-state index is 13.3. The maximum atomic E-state index is 13.3. The van der Waals surface area contributed by atoms with Crippen molar-refractivity contribution in [2.24, 2.45) is 0 Å². The van der Waals surface area contributed by atoms with Gasteiger partial charge < -0.3 is 4.90 Å². The summed E-state index contributed by atoms with van der Waals surface area (Å²) in [6, 6.07) is 13.3. The van der Waals surface area contributed by atoms with E-state index in [2.05, 4.69) is 52.9 Å². The predicted octanol–water partition coefficient (Wildman–Crippen LogP) is 5.19. The number of anilines is 2. The molecule has 0 radical (unpaired) electrons. The molecule has 0 saturated carbocycles. The summed E-state index contributed by atoms with van der Waals surface area (Å²) < 4.78 is 13.3. The summed E-state index contributed by atoms with van der Waals surface area (Å²) in [5.41, 5.74) is 4.37. The van der Waals surface area contributed by atoms with Gasteiger partial charge in [0.2, 0.25) is 0 Å². The molecule has 100 valence electrons. The van der Waals surface area contributed by atoms with E-state index in [1.165, 1.54) is 11.6 Å². The third-order valence-electron chi connectivity index (χ3n) is 3.11. The maximum Gasteiger partial charge on any atom is 0.123 e. The second-order valence-electron chi connectivity index (χ2n) is 4.49. The van der Waals surface area contributed by atoms with Gasteiger partial charge in [-0.3, -0.25) is 0 Å². The van der Waals surface area contributed by atoms with E-state index in [0.29, 0.717) is 5.33 Å². The summed E-state index contributed by atoms with van der Waals surface area (Å²) in [4.78, 5) is 2.20. The molecule has 3 heteroatoms. The van der Waals surface area contributed by atoms with Crippen LogP contribution in [0.1, 0.15) is 18.1 Å². The Bertz CT molecular complexity index is 568. The zero-order valence-corrected chi connectivity index (χ0v) is 12.7. The van der Waals surface area contributed by atoms with E-state index in [9.17, 15) is 4.39 Å². The first kappa shape index (κ1) is 14.1. The van der Waals surface area contributed by atoms with Crippen LogP contribution in [0.2, 0.25) is 0 Å². The van der Waals surface area contributed by atoms with Gasteiger partial charge in [-0.15, -0.1) is 0 Å². The fourth-order valence-electron chi connectivity index (χ4n) is 2.21. The Morgan fingerprint density at radius 2 is 1.95 bits per heavy atom. The molecule has 0 aliphatic carbocycles. The third-order valence-corrected chi connectivity index (χ3v) is 3.71. The Labute approximate surface area is 122 Å². The Balaban J connectivity index is 2.48. The van der Waals surface area contributed by atoms with Gasteiger partial charge in [-0.05, 0) is 55.3 Å². The summed E-state index contributed by atoms with van der Waals surface area (Å²) in [6.45, 7) is 5.02. The third kappa shape index (κ3) is 3.16. The minimum Gasteiger partial charge on any atom is -0.342 e. The van der Waals surface area contributed by atoms with E-state index < -0.39 is 0 Å². The van der Waals surface area contributed by atoms with Crippen molar-refractivity contribution >= 4 is 27.3 Å². The molecule has 0 atom stereocenters. The van der Waals surface area contributed by atoms with Gasteiger partial charge >= 0.3 is 0 Å². The lowest BCUT2D eigenvalue weighted by Gasteiger charge is -2.26. The topological polar surface area (TPSA) is 3.24 Å². The molecule has 0 N–H and O–H groups in total. The molecule has 0 spiro atoms. The number of hydrogen-bond donors (Lipinski definition) is 0. The lowest BCUT2D eigenvalue weighted by molar-refractivity contribution is 0.626. The van der Waals surface area contributed by atoms with Crippen LogP contribution < -0.4 is 4.90 Å². The molecule has 2 rings (SSSR count). The highest BCUT2D eigenvalue weighted by atomic mass is 79.9. The molecule has 0 aliphatic heterocycles. The van der Waals surface area contributed by atoms with Crippen molar-refractivity contribution in [2.45, 2.75) is 19.2 Å². The van der Waals surface area contributed by atoms with Crippen molar-refractivity contribution in [1.82, 2.24) is 0 Å². The van der Waals surface area contributed by atoms with Crippen molar-refractivity contribution in [3.8, 4) is 0 Å². The van der Waals surface area contributed by atoms with Gasteiger partial charge in [0.15, 0.2) is 0 Å². The van der Waals surface area contributed by atoms with Gasteiger partial charge in [0, 0.05) is 23.2 Å². The first-order valence-electron chi connectivity index (χ1n) is 6.34. The second kappa shape index (κ2) is 6.20. The van der Waals surface area contributed by atoms with Crippen LogP contribution in [-0.2, 0) is 5.33 Å². The van der Waals surface area contributed by atoms with Crippen LogP contribution in [0.25, 0.3) is 0 Å². The minimum absolute atomic E-state index is 0.196. The van der Waals surface area contributed by atoms with Crippen LogP contribution in [0.4, 0.5) is 15.8 Å². The number of rotatable bonds is 4. The molecule has 1 nitrogen and oxygen atoms in total. The monoisotopic (exact) mass is 321 g/mol. The smallest absolute Gasteiger partial charge is 0.123 e. The van der Waals surface area contributed by atoms with E-state index in [4.69, 9.17) is 0 Å². The quantitative estimate of drug-likeness (QED) is 0.701. The number of alkyl halides is 1. The van der Waals surface area contributed by atoms with E-state index in [0.717, 1.165) is 23.5 Å². The molecule has 2 aromatic carbocycles. The molecule has 0 amide bonds. The lowest BCUT2D eigenvalue weighted by Crippen LogP contribution is -2.17. The first-order chi connectivity index (χ1) is 9.15. The molecular formula is C16H17BrFN. The zero-order valence-electron chi connectivity index (χ0n) is 11.2. The summed E-state index contributed by atoms with van der Waals surface area (Å²) in [7, 11) is 0. The van der Waals surface area contributed by atoms with Gasteiger partial charge in [-0.25, -0.2) is 4.39 Å². The molecular weight excluding hydrogens is 305 g/mol. The van der Waals surface area contributed by atoms with Crippen molar-refractivity contribution in [3.63, 3.8) is 0 Å². The van der Waals surface area contributed by atoms with Gasteiger partial charge in [0.05, 0.1) is 0 Å². The van der Waals surface area contributed by atoms with Gasteiger partial charge in [0.25, 0.3) is 0 Å². The predicted molar refractivity (Wildman–Crippen MR) is 82.9 cm³/mol. The van der Waals surface area contributed by atoms with Gasteiger partial charge in [0.1, 0.15) is 5.82 Å². The summed E-state index contributed by atoms with van der Waals surface area (Å²) in [5, 5.41) is 0.641. The fourth-order valence-corrected chi connectivity index (χ4v) is 2.66. The van der Waals surface area contributed by atoms with Gasteiger partial charge in [-0.1, -0.05) is 28.1 Å². The standard InChI is InChI=1S/C16H17BrFN/c1-3-19(15-6-4-5-12(2)9-15)16-8-7-14(18)10-13(16)11-17/h4-10H,3,11H2,1-2H3. The van der Waals surface area contributed by atoms with Crippen molar-refractivity contribution in [1.29, 1.82) is 0 Å². The summed E-state index contributed by atoms with van der Waals surface area (Å²) in [5.74, 6) is -0.196. The molecule has 0 saturated heterocycles. The molecule has 2 aromatic rings. The number of aryl methyl sites for hydroxylation is 1. The van der Waals surface area contributed by atoms with Crippen LogP contribution >= 0.6 is 15.9 Å². The second-order valence-corrected chi connectivity index (χ2v) is 5.05. The Morgan fingerprint density at radius 1 is 1.16 bits per heavy atom. The fraction of sp³-hybridized carbons (Fsp3) is 0.250. The number of halogens is 2. The Hall–Kier alpha value is -1.35. The highest BCUT2D eigenvalue weighted by Crippen LogP contribution is 2.30. The van der Waals surface area contributed by atoms with E-state index >= 15 is 0 Å². The molecule has 0 bridgehead atoms. The van der Waals surface area contributed by atoms with Crippen LogP contribution in [0.5, 0.6) is 0 Å². The van der Waals surface area contributed by atoms with Crippen molar-refractivity contribution in [2.75, 3.05) is 11.4 Å². The molecule has 0 unspecified atom stereocenters. The Kier molecular flexibility index (Phi) is 4.59. The van der Waals surface area contributed by atoms with E-state index in [1.54, 1.807) is 6.07 Å². The average molecular weight is 322 g/mol.